The fourth-order valence-electron chi connectivity index (χ4n) is 2.67. The monoisotopic (exact) mass is 404 g/mol. The van der Waals surface area contributed by atoms with E-state index in [0.29, 0.717) is 52.4 Å². The van der Waals surface area contributed by atoms with Gasteiger partial charge >= 0.3 is 0 Å². The van der Waals surface area contributed by atoms with Crippen LogP contribution in [0.3, 0.4) is 0 Å². The van der Waals surface area contributed by atoms with Crippen LogP contribution in [0.2, 0.25) is 0 Å². The summed E-state index contributed by atoms with van der Waals surface area (Å²) in [5.74, 6) is 0.122. The SMILES string of the molecule is O=C(CCCCCCCCCCC(=O)NCCOCCO)NCCOCCO. The number of hydrogen-bond donors (Lipinski definition) is 4. The van der Waals surface area contributed by atoms with Gasteiger partial charge in [-0.15, -0.1) is 0 Å². The first-order valence-corrected chi connectivity index (χ1v) is 10.6. The quantitative estimate of drug-likeness (QED) is 0.213. The van der Waals surface area contributed by atoms with E-state index in [9.17, 15) is 9.59 Å². The molecule has 0 saturated heterocycles. The summed E-state index contributed by atoms with van der Waals surface area (Å²) in [6.45, 7) is 2.50. The van der Waals surface area contributed by atoms with Crippen LogP contribution < -0.4 is 10.6 Å². The van der Waals surface area contributed by atoms with Crippen molar-refractivity contribution in [2.45, 2.75) is 64.2 Å². The molecule has 0 aromatic heterocycles. The highest BCUT2D eigenvalue weighted by molar-refractivity contribution is 5.76. The molecule has 0 spiro atoms. The predicted octanol–water partition coefficient (Wildman–Crippen LogP) is 1.14. The molecule has 0 aliphatic rings. The van der Waals surface area contributed by atoms with Gasteiger partial charge in [-0.3, -0.25) is 9.59 Å². The Bertz CT molecular complexity index is 335. The Hall–Kier alpha value is -1.22. The van der Waals surface area contributed by atoms with Crippen LogP contribution >= 0.6 is 0 Å². The van der Waals surface area contributed by atoms with Crippen molar-refractivity contribution in [1.82, 2.24) is 10.6 Å². The molecule has 0 aliphatic heterocycles. The molecule has 0 aliphatic carbocycles. The van der Waals surface area contributed by atoms with Crippen molar-refractivity contribution in [3.63, 3.8) is 0 Å². The molecule has 0 bridgehead atoms. The number of aliphatic hydroxyl groups is 2. The maximum atomic E-state index is 11.6. The minimum Gasteiger partial charge on any atom is -0.394 e. The molecule has 0 saturated carbocycles. The van der Waals surface area contributed by atoms with Crippen LogP contribution in [-0.4, -0.2) is 74.8 Å². The zero-order chi connectivity index (χ0) is 20.7. The lowest BCUT2D eigenvalue weighted by Gasteiger charge is -2.06. The fraction of sp³-hybridized carbons (Fsp3) is 0.900. The summed E-state index contributed by atoms with van der Waals surface area (Å²) < 4.78 is 10.1. The third kappa shape index (κ3) is 21.1. The van der Waals surface area contributed by atoms with E-state index in [-0.39, 0.29) is 25.0 Å². The van der Waals surface area contributed by atoms with E-state index in [1.807, 2.05) is 0 Å². The number of rotatable bonds is 21. The van der Waals surface area contributed by atoms with Crippen LogP contribution in [0.4, 0.5) is 0 Å². The Labute approximate surface area is 169 Å². The molecule has 0 aromatic carbocycles. The lowest BCUT2D eigenvalue weighted by Crippen LogP contribution is -2.27. The second kappa shape index (κ2) is 22.1. The molecular weight excluding hydrogens is 364 g/mol. The van der Waals surface area contributed by atoms with E-state index in [1.165, 1.54) is 12.8 Å². The van der Waals surface area contributed by atoms with Crippen molar-refractivity contribution < 1.29 is 29.3 Å². The Balaban J connectivity index is 3.22. The van der Waals surface area contributed by atoms with Crippen LogP contribution in [0, 0.1) is 0 Å². The van der Waals surface area contributed by atoms with Gasteiger partial charge in [0.2, 0.25) is 11.8 Å². The predicted molar refractivity (Wildman–Crippen MR) is 108 cm³/mol. The van der Waals surface area contributed by atoms with E-state index < -0.39 is 0 Å². The molecule has 0 heterocycles. The topological polar surface area (TPSA) is 117 Å². The molecule has 0 radical (unpaired) electrons. The molecule has 0 unspecified atom stereocenters. The molecule has 0 aromatic rings. The van der Waals surface area contributed by atoms with Crippen LogP contribution in [0.25, 0.3) is 0 Å². The summed E-state index contributed by atoms with van der Waals surface area (Å²) in [6.07, 6.45) is 9.68. The molecule has 0 fully saturated rings. The zero-order valence-corrected chi connectivity index (χ0v) is 17.3. The second-order valence-corrected chi connectivity index (χ2v) is 6.70. The van der Waals surface area contributed by atoms with Crippen molar-refractivity contribution in [1.29, 1.82) is 0 Å². The third-order valence-electron chi connectivity index (χ3n) is 4.17. The standard InChI is InChI=1S/C20H40N2O6/c23-13-17-27-15-11-21-19(25)9-7-5-3-1-2-4-6-8-10-20(26)22-12-16-28-18-14-24/h23-24H,1-18H2,(H,21,25)(H,22,26). The van der Waals surface area contributed by atoms with E-state index in [2.05, 4.69) is 10.6 Å². The number of carbonyl (C=O) groups excluding carboxylic acids is 2. The Morgan fingerprint density at radius 1 is 0.571 bits per heavy atom. The van der Waals surface area contributed by atoms with Crippen molar-refractivity contribution >= 4 is 11.8 Å². The number of nitrogens with one attached hydrogen (secondary N) is 2. The van der Waals surface area contributed by atoms with Gasteiger partial charge in [0.25, 0.3) is 0 Å². The van der Waals surface area contributed by atoms with Gasteiger partial charge in [-0.25, -0.2) is 0 Å². The maximum absolute atomic E-state index is 11.6. The first-order chi connectivity index (χ1) is 13.7. The molecule has 0 rings (SSSR count). The summed E-state index contributed by atoms with van der Waals surface area (Å²) in [5, 5.41) is 22.7. The van der Waals surface area contributed by atoms with Crippen LogP contribution in [-0.2, 0) is 19.1 Å². The summed E-state index contributed by atoms with van der Waals surface area (Å²) in [5.41, 5.74) is 0. The normalized spacial score (nSPS) is 10.8. The number of aliphatic hydroxyl groups excluding tert-OH is 2. The van der Waals surface area contributed by atoms with Gasteiger partial charge in [-0.2, -0.15) is 0 Å². The van der Waals surface area contributed by atoms with Gasteiger partial charge in [-0.1, -0.05) is 38.5 Å². The largest absolute Gasteiger partial charge is 0.394 e. The molecule has 4 N–H and O–H groups in total. The number of amides is 2. The van der Waals surface area contributed by atoms with Crippen molar-refractivity contribution in [3.8, 4) is 0 Å². The summed E-state index contributed by atoms with van der Waals surface area (Å²) in [6, 6.07) is 0. The molecule has 8 heteroatoms. The average Bonchev–Trinajstić information content (AvgIpc) is 2.69. The van der Waals surface area contributed by atoms with Gasteiger partial charge in [0.15, 0.2) is 0 Å². The number of unbranched alkanes of at least 4 members (excludes halogenated alkanes) is 7. The zero-order valence-electron chi connectivity index (χ0n) is 17.3. The fourth-order valence-corrected chi connectivity index (χ4v) is 2.67. The summed E-state index contributed by atoms with van der Waals surface area (Å²) >= 11 is 0. The molecular formula is C20H40N2O6. The van der Waals surface area contributed by atoms with Crippen LogP contribution in [0.5, 0.6) is 0 Å². The summed E-state index contributed by atoms with van der Waals surface area (Å²) in [4.78, 5) is 23.2. The number of ether oxygens (including phenoxy) is 2. The van der Waals surface area contributed by atoms with Gasteiger partial charge in [0.05, 0.1) is 39.6 Å². The maximum Gasteiger partial charge on any atom is 0.220 e. The Morgan fingerprint density at radius 2 is 0.929 bits per heavy atom. The highest BCUT2D eigenvalue weighted by atomic mass is 16.5. The Morgan fingerprint density at radius 3 is 1.29 bits per heavy atom. The van der Waals surface area contributed by atoms with E-state index >= 15 is 0 Å². The van der Waals surface area contributed by atoms with Crippen molar-refractivity contribution in [3.05, 3.63) is 0 Å². The minimum absolute atomic E-state index is 0.00581. The highest BCUT2D eigenvalue weighted by Gasteiger charge is 2.02. The smallest absolute Gasteiger partial charge is 0.220 e. The van der Waals surface area contributed by atoms with E-state index in [4.69, 9.17) is 19.7 Å². The van der Waals surface area contributed by atoms with Gasteiger partial charge in [0.1, 0.15) is 0 Å². The molecule has 0 atom stereocenters. The Kier molecular flexibility index (Phi) is 21.1. The third-order valence-corrected chi connectivity index (χ3v) is 4.17. The number of carbonyl (C=O) groups is 2. The van der Waals surface area contributed by atoms with E-state index in [0.717, 1.165) is 38.5 Å². The summed E-state index contributed by atoms with van der Waals surface area (Å²) in [7, 11) is 0. The van der Waals surface area contributed by atoms with Crippen molar-refractivity contribution in [2.75, 3.05) is 52.7 Å². The van der Waals surface area contributed by atoms with Gasteiger partial charge in [-0.05, 0) is 12.8 Å². The highest BCUT2D eigenvalue weighted by Crippen LogP contribution is 2.10. The second-order valence-electron chi connectivity index (χ2n) is 6.70. The number of hydrogen-bond acceptors (Lipinski definition) is 6. The van der Waals surface area contributed by atoms with E-state index in [1.54, 1.807) is 0 Å². The van der Waals surface area contributed by atoms with Crippen LogP contribution in [0.15, 0.2) is 0 Å². The average molecular weight is 405 g/mol. The first-order valence-electron chi connectivity index (χ1n) is 10.6. The van der Waals surface area contributed by atoms with Gasteiger partial charge in [0, 0.05) is 25.9 Å². The van der Waals surface area contributed by atoms with Gasteiger partial charge < -0.3 is 30.3 Å². The first kappa shape index (κ1) is 26.8. The molecule has 166 valence electrons. The van der Waals surface area contributed by atoms with Crippen molar-refractivity contribution in [2.24, 2.45) is 0 Å². The molecule has 8 nitrogen and oxygen atoms in total. The lowest BCUT2D eigenvalue weighted by atomic mass is 10.1. The molecule has 2 amide bonds. The molecule has 28 heavy (non-hydrogen) atoms. The lowest BCUT2D eigenvalue weighted by molar-refractivity contribution is -0.122. The minimum atomic E-state index is 0.00581. The van der Waals surface area contributed by atoms with Crippen LogP contribution in [0.1, 0.15) is 64.2 Å².